The number of nitrogens with one attached hydrogen (secondary N) is 2. The van der Waals surface area contributed by atoms with Gasteiger partial charge in [0.15, 0.2) is 6.61 Å². The Kier molecular flexibility index (Phi) is 9.11. The van der Waals surface area contributed by atoms with E-state index in [0.29, 0.717) is 15.5 Å². The minimum Gasteiger partial charge on any atom is -0.483 e. The Balaban J connectivity index is 1.31. The molecule has 2 aliphatic heterocycles. The van der Waals surface area contributed by atoms with E-state index in [1.54, 1.807) is 6.92 Å². The molecule has 0 aliphatic carbocycles. The van der Waals surface area contributed by atoms with Crippen LogP contribution in [0.25, 0.3) is 0 Å². The molecule has 1 fully saturated rings. The first-order chi connectivity index (χ1) is 22.8. The summed E-state index contributed by atoms with van der Waals surface area (Å²) in [5, 5.41) is 2.05. The molecule has 0 saturated carbocycles. The lowest BCUT2D eigenvalue weighted by atomic mass is 9.82. The highest BCUT2D eigenvalue weighted by atomic mass is 35.5. The number of halogens is 4. The molecule has 2 N–H and O–H groups in total. The lowest BCUT2D eigenvalue weighted by Crippen LogP contribution is -2.32. The van der Waals surface area contributed by atoms with Crippen molar-refractivity contribution in [2.45, 2.75) is 29.3 Å². The molecule has 3 heterocycles. The third kappa shape index (κ3) is 6.44. The highest BCUT2D eigenvalue weighted by molar-refractivity contribution is 8.00. The maximum Gasteiger partial charge on any atom is 0.416 e. The van der Waals surface area contributed by atoms with E-state index in [9.17, 15) is 37.1 Å². The summed E-state index contributed by atoms with van der Waals surface area (Å²) >= 11 is 8.30. The van der Waals surface area contributed by atoms with Crippen molar-refractivity contribution in [2.24, 2.45) is 5.92 Å². The number of esters is 1. The second kappa shape index (κ2) is 13.1. The van der Waals surface area contributed by atoms with Crippen molar-refractivity contribution >= 4 is 69.8 Å². The molecule has 4 aromatic rings. The van der Waals surface area contributed by atoms with Crippen LogP contribution < -0.4 is 19.8 Å². The zero-order chi connectivity index (χ0) is 34.3. The fraction of sp³-hybridized carbons (Fsp3) is 0.219. The number of aromatic amines is 1. The number of thiazole rings is 1. The Hall–Kier alpha value is -4.60. The van der Waals surface area contributed by atoms with Gasteiger partial charge in [0, 0.05) is 27.1 Å². The van der Waals surface area contributed by atoms with Crippen LogP contribution in [0.15, 0.2) is 76.6 Å². The Morgan fingerprint density at radius 1 is 1.02 bits per heavy atom. The van der Waals surface area contributed by atoms with Crippen molar-refractivity contribution in [1.29, 1.82) is 0 Å². The summed E-state index contributed by atoms with van der Waals surface area (Å²) in [4.78, 5) is 69.2. The second-order valence-electron chi connectivity index (χ2n) is 10.6. The Bertz CT molecular complexity index is 2000. The topological polar surface area (TPSA) is 135 Å². The maximum atomic E-state index is 14.1. The average molecular weight is 718 g/mol. The molecule has 3 atom stereocenters. The molecule has 0 bridgehead atoms. The van der Waals surface area contributed by atoms with Gasteiger partial charge in [-0.05, 0) is 67.6 Å². The van der Waals surface area contributed by atoms with Crippen molar-refractivity contribution in [2.75, 3.05) is 23.4 Å². The molecule has 3 aromatic carbocycles. The number of benzene rings is 3. The van der Waals surface area contributed by atoms with E-state index in [-0.39, 0.29) is 34.3 Å². The minimum absolute atomic E-state index is 0.0888. The molecule has 248 valence electrons. The molecular weight excluding hydrogens is 695 g/mol. The largest absolute Gasteiger partial charge is 0.483 e. The Labute approximate surface area is 283 Å². The van der Waals surface area contributed by atoms with Crippen LogP contribution in [0.5, 0.6) is 5.75 Å². The Morgan fingerprint density at radius 2 is 1.77 bits per heavy atom. The average Bonchev–Trinajstić information content (AvgIpc) is 3.54. The third-order valence-corrected chi connectivity index (χ3v) is 10.2. The van der Waals surface area contributed by atoms with E-state index >= 15 is 0 Å². The van der Waals surface area contributed by atoms with Gasteiger partial charge >= 0.3 is 17.0 Å². The van der Waals surface area contributed by atoms with Gasteiger partial charge < -0.3 is 19.8 Å². The van der Waals surface area contributed by atoms with E-state index < -0.39 is 64.0 Å². The van der Waals surface area contributed by atoms with Gasteiger partial charge in [-0.15, -0.1) is 0 Å². The third-order valence-electron chi connectivity index (χ3n) is 7.60. The number of ether oxygens (including phenoxy) is 2. The van der Waals surface area contributed by atoms with E-state index in [1.807, 2.05) is 0 Å². The monoisotopic (exact) mass is 717 g/mol. The van der Waals surface area contributed by atoms with Crippen LogP contribution in [0.1, 0.15) is 39.2 Å². The molecule has 1 aromatic heterocycles. The van der Waals surface area contributed by atoms with Gasteiger partial charge in [0.2, 0.25) is 11.8 Å². The van der Waals surface area contributed by atoms with Crippen LogP contribution in [0.4, 0.5) is 24.5 Å². The number of anilines is 2. The van der Waals surface area contributed by atoms with Crippen molar-refractivity contribution < 1.29 is 41.8 Å². The molecule has 10 nitrogen and oxygen atoms in total. The standard InChI is InChI=1S/C32H23ClF3N3O7S2/c1-2-45-30(43)15-6-9-19(10-7-15)39-28(41)24-23(25-27(38-31(44)48-25)47-26(24)29(39)42)20-13-17(33)8-11-21(20)46-14-22(40)37-18-5-3-4-16(12-18)32(34,35)36/h3-13,23-24,26H,2,14H2,1H3,(H,37,40)(H,38,44)/t23-,24-,26+/m0/s1. The van der Waals surface area contributed by atoms with Gasteiger partial charge in [-0.1, -0.05) is 40.8 Å². The molecule has 1 saturated heterocycles. The molecule has 3 amide bonds. The van der Waals surface area contributed by atoms with Crippen molar-refractivity contribution in [1.82, 2.24) is 4.98 Å². The highest BCUT2D eigenvalue weighted by Gasteiger charge is 2.57. The second-order valence-corrected chi connectivity index (χ2v) is 13.2. The summed E-state index contributed by atoms with van der Waals surface area (Å²) in [5.74, 6) is -4.24. The van der Waals surface area contributed by atoms with Crippen LogP contribution in [0.2, 0.25) is 5.02 Å². The SMILES string of the molecule is CCOC(=O)c1ccc(N2C(=O)[C@H]3[C@H](c4cc(Cl)ccc4OCC(=O)Nc4cccc(C(F)(F)F)c4)c4sc(=O)[nH]c4S[C@H]3C2=O)cc1. The number of H-pyrrole nitrogens is 1. The molecule has 48 heavy (non-hydrogen) atoms. The molecular formula is C32H23ClF3N3O7S2. The van der Waals surface area contributed by atoms with E-state index in [4.69, 9.17) is 21.1 Å². The van der Waals surface area contributed by atoms with Gasteiger partial charge in [-0.3, -0.25) is 19.2 Å². The van der Waals surface area contributed by atoms with E-state index in [1.165, 1.54) is 48.5 Å². The number of thioether (sulfide) groups is 1. The first-order valence-corrected chi connectivity index (χ1v) is 16.4. The van der Waals surface area contributed by atoms with E-state index in [2.05, 4.69) is 10.3 Å². The number of nitrogens with zero attached hydrogens (tertiary/aromatic N) is 1. The number of imide groups is 1. The van der Waals surface area contributed by atoms with Crippen molar-refractivity contribution in [3.8, 4) is 5.75 Å². The zero-order valence-electron chi connectivity index (χ0n) is 24.6. The number of aromatic nitrogens is 1. The summed E-state index contributed by atoms with van der Waals surface area (Å²) in [6.45, 7) is 1.22. The van der Waals surface area contributed by atoms with Crippen LogP contribution in [-0.4, -0.2) is 47.1 Å². The lowest BCUT2D eigenvalue weighted by molar-refractivity contribution is -0.137. The molecule has 2 aliphatic rings. The smallest absolute Gasteiger partial charge is 0.416 e. The fourth-order valence-corrected chi connectivity index (χ4v) is 8.26. The van der Waals surface area contributed by atoms with Crippen LogP contribution in [-0.2, 0) is 25.3 Å². The first-order valence-electron chi connectivity index (χ1n) is 14.3. The normalized spacial score (nSPS) is 18.7. The van der Waals surface area contributed by atoms with Gasteiger partial charge in [0.1, 0.15) is 11.0 Å². The molecule has 6 rings (SSSR count). The lowest BCUT2D eigenvalue weighted by Gasteiger charge is -2.31. The summed E-state index contributed by atoms with van der Waals surface area (Å²) in [6, 6.07) is 14.4. The summed E-state index contributed by atoms with van der Waals surface area (Å²) in [5.41, 5.74) is -0.234. The van der Waals surface area contributed by atoms with Gasteiger partial charge in [-0.2, -0.15) is 13.2 Å². The quantitative estimate of drug-likeness (QED) is 0.165. The number of fused-ring (bicyclic) bond motifs is 2. The van der Waals surface area contributed by atoms with Crippen LogP contribution >= 0.6 is 34.7 Å². The number of amides is 3. The minimum atomic E-state index is -4.60. The number of hydrogen-bond donors (Lipinski definition) is 2. The van der Waals surface area contributed by atoms with Crippen molar-refractivity contribution in [3.05, 3.63) is 103 Å². The molecule has 0 spiro atoms. The number of alkyl halides is 3. The highest BCUT2D eigenvalue weighted by Crippen LogP contribution is 2.54. The molecule has 0 unspecified atom stereocenters. The van der Waals surface area contributed by atoms with Crippen LogP contribution in [0, 0.1) is 5.92 Å². The zero-order valence-corrected chi connectivity index (χ0v) is 27.0. The maximum absolute atomic E-state index is 14.1. The summed E-state index contributed by atoms with van der Waals surface area (Å²) in [6.07, 6.45) is -4.60. The number of hydrogen-bond acceptors (Lipinski definition) is 9. The van der Waals surface area contributed by atoms with Gasteiger partial charge in [0.25, 0.3) is 5.91 Å². The molecule has 0 radical (unpaired) electrons. The van der Waals surface area contributed by atoms with Crippen LogP contribution in [0.3, 0.4) is 0 Å². The fourth-order valence-electron chi connectivity index (χ4n) is 5.58. The number of carbonyl (C=O) groups is 4. The summed E-state index contributed by atoms with van der Waals surface area (Å²) in [7, 11) is 0. The predicted molar refractivity (Wildman–Crippen MR) is 172 cm³/mol. The number of carbonyl (C=O) groups excluding carboxylic acids is 4. The van der Waals surface area contributed by atoms with Gasteiger partial charge in [-0.25, -0.2) is 9.69 Å². The first kappa shape index (κ1) is 33.3. The van der Waals surface area contributed by atoms with E-state index in [0.717, 1.165) is 46.2 Å². The number of rotatable bonds is 8. The molecule has 16 heteroatoms. The van der Waals surface area contributed by atoms with Gasteiger partial charge in [0.05, 0.1) is 34.4 Å². The van der Waals surface area contributed by atoms with Crippen molar-refractivity contribution in [3.63, 3.8) is 0 Å². The predicted octanol–water partition coefficient (Wildman–Crippen LogP) is 6.10. The Morgan fingerprint density at radius 3 is 2.48 bits per heavy atom. The summed E-state index contributed by atoms with van der Waals surface area (Å²) < 4.78 is 50.3.